The smallest absolute Gasteiger partial charge is 0.316 e. The number of esters is 1. The van der Waals surface area contributed by atoms with E-state index in [4.69, 9.17) is 17.0 Å². The van der Waals surface area contributed by atoms with E-state index in [9.17, 15) is 9.59 Å². The third kappa shape index (κ3) is 6.07. The van der Waals surface area contributed by atoms with Crippen molar-refractivity contribution < 1.29 is 9.53 Å². The summed E-state index contributed by atoms with van der Waals surface area (Å²) in [5, 5.41) is 3.81. The number of aromatic amines is 2. The van der Waals surface area contributed by atoms with Gasteiger partial charge in [0.25, 0.3) is 5.56 Å². The number of hydrogen-bond donors (Lipinski definition) is 3. The maximum atomic E-state index is 12.0. The Bertz CT molecular complexity index is 649. The van der Waals surface area contributed by atoms with Gasteiger partial charge in [0.1, 0.15) is 5.69 Å². The molecule has 0 aliphatic rings. The van der Waals surface area contributed by atoms with E-state index in [0.29, 0.717) is 18.0 Å². The van der Waals surface area contributed by atoms with E-state index in [2.05, 4.69) is 22.2 Å². The van der Waals surface area contributed by atoms with E-state index in [1.54, 1.807) is 13.8 Å². The molecule has 0 aliphatic carbocycles. The Labute approximate surface area is 138 Å². The van der Waals surface area contributed by atoms with E-state index in [1.165, 1.54) is 11.8 Å². The van der Waals surface area contributed by atoms with Crippen LogP contribution in [-0.2, 0) is 9.53 Å². The van der Waals surface area contributed by atoms with E-state index >= 15 is 0 Å². The number of H-pyrrole nitrogens is 2. The SMILES string of the molecule is CCC/C=C(/Nc1c(C)[nH]c(=S)[nH]c1=O)SCC(=O)OCC. The van der Waals surface area contributed by atoms with E-state index in [1.807, 2.05) is 6.08 Å². The summed E-state index contributed by atoms with van der Waals surface area (Å²) < 4.78 is 5.19. The Morgan fingerprint density at radius 1 is 1.41 bits per heavy atom. The molecule has 1 aromatic heterocycles. The number of unbranched alkanes of at least 4 members (excludes halogenated alkanes) is 1. The zero-order chi connectivity index (χ0) is 16.5. The molecule has 1 heterocycles. The van der Waals surface area contributed by atoms with Gasteiger partial charge in [-0.05, 0) is 32.5 Å². The molecule has 3 N–H and O–H groups in total. The Kier molecular flexibility index (Phi) is 7.97. The van der Waals surface area contributed by atoms with Crippen LogP contribution >= 0.6 is 24.0 Å². The molecule has 0 atom stereocenters. The number of nitrogens with one attached hydrogen (secondary N) is 3. The second-order valence-electron chi connectivity index (χ2n) is 4.48. The average Bonchev–Trinajstić information content (AvgIpc) is 2.45. The zero-order valence-electron chi connectivity index (χ0n) is 12.9. The summed E-state index contributed by atoms with van der Waals surface area (Å²) in [6.45, 7) is 5.95. The lowest BCUT2D eigenvalue weighted by atomic mass is 10.3. The van der Waals surface area contributed by atoms with Crippen LogP contribution < -0.4 is 10.9 Å². The molecule has 0 saturated carbocycles. The number of thioether (sulfide) groups is 1. The predicted molar refractivity (Wildman–Crippen MR) is 92.7 cm³/mol. The van der Waals surface area contributed by atoms with Crippen LogP contribution in [0.5, 0.6) is 0 Å². The highest BCUT2D eigenvalue weighted by atomic mass is 32.2. The van der Waals surface area contributed by atoms with Gasteiger partial charge in [0.15, 0.2) is 4.77 Å². The van der Waals surface area contributed by atoms with Crippen molar-refractivity contribution in [3.63, 3.8) is 0 Å². The van der Waals surface area contributed by atoms with Crippen molar-refractivity contribution in [2.75, 3.05) is 17.7 Å². The third-order valence-electron chi connectivity index (χ3n) is 2.65. The molecule has 0 fully saturated rings. The Morgan fingerprint density at radius 2 is 2.14 bits per heavy atom. The number of allylic oxidation sites excluding steroid dienone is 1. The monoisotopic (exact) mass is 343 g/mol. The van der Waals surface area contributed by atoms with Gasteiger partial charge in [-0.1, -0.05) is 31.2 Å². The van der Waals surface area contributed by atoms with Crippen LogP contribution in [0.3, 0.4) is 0 Å². The van der Waals surface area contributed by atoms with Crippen molar-refractivity contribution in [1.82, 2.24) is 9.97 Å². The minimum Gasteiger partial charge on any atom is -0.465 e. The number of aromatic nitrogens is 2. The van der Waals surface area contributed by atoms with Crippen molar-refractivity contribution in [1.29, 1.82) is 0 Å². The highest BCUT2D eigenvalue weighted by Gasteiger charge is 2.10. The second-order valence-corrected chi connectivity index (χ2v) is 5.91. The van der Waals surface area contributed by atoms with Gasteiger partial charge in [-0.3, -0.25) is 14.6 Å². The van der Waals surface area contributed by atoms with Crippen LogP contribution in [0.4, 0.5) is 5.69 Å². The second kappa shape index (κ2) is 9.47. The first-order valence-corrected chi connectivity index (χ1v) is 8.46. The van der Waals surface area contributed by atoms with Crippen molar-refractivity contribution in [2.45, 2.75) is 33.6 Å². The number of carbonyl (C=O) groups excluding carboxylic acids is 1. The summed E-state index contributed by atoms with van der Waals surface area (Å²) in [6.07, 6.45) is 3.78. The summed E-state index contributed by atoms with van der Waals surface area (Å²) in [5.74, 6) is -0.0919. The summed E-state index contributed by atoms with van der Waals surface area (Å²) in [4.78, 5) is 28.9. The molecule has 0 unspecified atom stereocenters. The quantitative estimate of drug-likeness (QED) is 0.497. The Balaban J connectivity index is 2.88. The molecule has 0 aromatic carbocycles. The molecule has 0 spiro atoms. The van der Waals surface area contributed by atoms with Gasteiger partial charge < -0.3 is 15.0 Å². The van der Waals surface area contributed by atoms with Crippen molar-refractivity contribution >= 4 is 35.6 Å². The van der Waals surface area contributed by atoms with E-state index in [-0.39, 0.29) is 22.1 Å². The minimum absolute atomic E-state index is 0.191. The summed E-state index contributed by atoms with van der Waals surface area (Å²) in [7, 11) is 0. The van der Waals surface area contributed by atoms with Gasteiger partial charge in [0.05, 0.1) is 17.4 Å². The number of anilines is 1. The van der Waals surface area contributed by atoms with Crippen LogP contribution in [0.15, 0.2) is 15.9 Å². The van der Waals surface area contributed by atoms with Gasteiger partial charge in [0, 0.05) is 5.69 Å². The molecule has 6 nitrogen and oxygen atoms in total. The summed E-state index contributed by atoms with van der Waals surface area (Å²) in [6, 6.07) is 0. The molecule has 0 saturated heterocycles. The lowest BCUT2D eigenvalue weighted by molar-refractivity contribution is -0.139. The number of rotatable bonds is 8. The Hall–Kier alpha value is -1.54. The fourth-order valence-corrected chi connectivity index (χ4v) is 2.65. The predicted octanol–water partition coefficient (Wildman–Crippen LogP) is 3.09. The number of hydrogen-bond acceptors (Lipinski definition) is 6. The maximum absolute atomic E-state index is 12.0. The first kappa shape index (κ1) is 18.5. The maximum Gasteiger partial charge on any atom is 0.316 e. The first-order chi connectivity index (χ1) is 10.5. The van der Waals surface area contributed by atoms with Gasteiger partial charge in [-0.2, -0.15) is 0 Å². The molecule has 8 heteroatoms. The van der Waals surface area contributed by atoms with Crippen molar-refractivity contribution in [3.8, 4) is 0 Å². The summed E-state index contributed by atoms with van der Waals surface area (Å²) in [5.41, 5.74) is 0.751. The molecule has 0 bridgehead atoms. The molecule has 0 aliphatic heterocycles. The molecule has 122 valence electrons. The van der Waals surface area contributed by atoms with Gasteiger partial charge >= 0.3 is 5.97 Å². The molecule has 1 aromatic rings. The van der Waals surface area contributed by atoms with Crippen molar-refractivity contribution in [3.05, 3.63) is 31.9 Å². The van der Waals surface area contributed by atoms with Crippen LogP contribution in [0.25, 0.3) is 0 Å². The van der Waals surface area contributed by atoms with Gasteiger partial charge in [-0.15, -0.1) is 0 Å². The van der Waals surface area contributed by atoms with E-state index in [0.717, 1.165) is 17.9 Å². The zero-order valence-corrected chi connectivity index (χ0v) is 14.6. The number of ether oxygens (including phenoxy) is 1. The third-order valence-corrected chi connectivity index (χ3v) is 3.81. The summed E-state index contributed by atoms with van der Waals surface area (Å²) >= 11 is 6.23. The van der Waals surface area contributed by atoms with E-state index < -0.39 is 0 Å². The number of carbonyl (C=O) groups is 1. The first-order valence-electron chi connectivity index (χ1n) is 7.06. The molecular weight excluding hydrogens is 322 g/mol. The van der Waals surface area contributed by atoms with Crippen LogP contribution in [-0.4, -0.2) is 28.3 Å². The molecule has 1 rings (SSSR count). The standard InChI is InChI=1S/C14H21N3O3S2/c1-4-6-7-10(22-8-11(18)20-5-2)16-12-9(3)15-14(21)17-13(12)19/h7,16H,4-6,8H2,1-3H3,(H2,15,17,19,21)/b10-7-. The Morgan fingerprint density at radius 3 is 2.73 bits per heavy atom. The molecular formula is C14H21N3O3S2. The lowest BCUT2D eigenvalue weighted by Crippen LogP contribution is -2.17. The molecule has 0 amide bonds. The average molecular weight is 343 g/mol. The normalized spacial score (nSPS) is 11.3. The fraction of sp³-hybridized carbons (Fsp3) is 0.500. The molecule has 22 heavy (non-hydrogen) atoms. The van der Waals surface area contributed by atoms with Gasteiger partial charge in [-0.25, -0.2) is 0 Å². The van der Waals surface area contributed by atoms with Crippen LogP contribution in [0.2, 0.25) is 0 Å². The highest BCUT2D eigenvalue weighted by Crippen LogP contribution is 2.20. The van der Waals surface area contributed by atoms with Gasteiger partial charge in [0.2, 0.25) is 0 Å². The topological polar surface area (TPSA) is 87.0 Å². The van der Waals surface area contributed by atoms with Crippen LogP contribution in [0, 0.1) is 11.7 Å². The lowest BCUT2D eigenvalue weighted by Gasteiger charge is -2.12. The van der Waals surface area contributed by atoms with Crippen molar-refractivity contribution in [2.24, 2.45) is 0 Å². The number of aryl methyl sites for hydroxylation is 1. The minimum atomic E-state index is -0.291. The fourth-order valence-electron chi connectivity index (χ4n) is 1.63. The molecule has 0 radical (unpaired) electrons. The van der Waals surface area contributed by atoms with Crippen LogP contribution in [0.1, 0.15) is 32.4 Å². The largest absolute Gasteiger partial charge is 0.465 e. The highest BCUT2D eigenvalue weighted by molar-refractivity contribution is 8.03.